The number of rotatable bonds is 13. The van der Waals surface area contributed by atoms with E-state index in [9.17, 15) is 0 Å². The molecule has 0 aliphatic heterocycles. The molecule has 3 aromatic heterocycles. The Kier molecular flexibility index (Phi) is 21.1. The molecule has 136 heavy (non-hydrogen) atoms. The highest BCUT2D eigenvalue weighted by atomic mass is 15.1. The van der Waals surface area contributed by atoms with Gasteiger partial charge in [-0.15, -0.1) is 0 Å². The molecule has 0 amide bonds. The smallest absolute Gasteiger partial charge is 0.164 e. The van der Waals surface area contributed by atoms with Crippen LogP contribution in [-0.2, 0) is 0 Å². The molecule has 0 spiro atoms. The zero-order valence-electron chi connectivity index (χ0n) is 73.8. The van der Waals surface area contributed by atoms with Crippen LogP contribution in [0.5, 0.6) is 0 Å². The summed E-state index contributed by atoms with van der Waals surface area (Å²) in [6.45, 7) is 0. The fourth-order valence-electron chi connectivity index (χ4n) is 19.2. The molecular formula is C127H81N9. The Balaban J connectivity index is 0.000000112. The van der Waals surface area contributed by atoms with Crippen molar-refractivity contribution in [3.8, 4) is 147 Å². The number of hydrogen-bond donors (Lipinski definition) is 0. The maximum Gasteiger partial charge on any atom is 0.164 e. The first-order valence-electron chi connectivity index (χ1n) is 45.9. The monoisotopic (exact) mass is 1730 g/mol. The van der Waals surface area contributed by atoms with E-state index in [2.05, 4.69) is 364 Å². The minimum absolute atomic E-state index is 0.638. The fourth-order valence-corrected chi connectivity index (χ4v) is 19.2. The Bertz CT molecular complexity index is 8920. The van der Waals surface area contributed by atoms with E-state index < -0.39 is 0 Å². The van der Waals surface area contributed by atoms with Gasteiger partial charge in [-0.3, -0.25) is 0 Å². The summed E-state index contributed by atoms with van der Waals surface area (Å²) in [4.78, 5) is 45.2. The zero-order valence-corrected chi connectivity index (χ0v) is 73.8. The molecular weight excluding hydrogens is 1650 g/mol. The van der Waals surface area contributed by atoms with Gasteiger partial charge in [0.05, 0.1) is 0 Å². The highest BCUT2D eigenvalue weighted by molar-refractivity contribution is 6.28. The normalized spacial score (nSPS) is 11.4. The van der Waals surface area contributed by atoms with Crippen LogP contribution in [0.2, 0.25) is 0 Å². The first kappa shape index (κ1) is 81.0. The number of nitrogens with zero attached hydrogens (tertiary/aromatic N) is 9. The van der Waals surface area contributed by atoms with Crippen molar-refractivity contribution in [3.63, 3.8) is 0 Å². The van der Waals surface area contributed by atoms with Crippen LogP contribution >= 0.6 is 0 Å². The molecule has 0 N–H and O–H groups in total. The molecule has 0 radical (unpaired) electrons. The quantitative estimate of drug-likeness (QED) is 0.104. The summed E-state index contributed by atoms with van der Waals surface area (Å²) in [5.74, 6) is 5.86. The molecule has 634 valence electrons. The van der Waals surface area contributed by atoms with Gasteiger partial charge in [-0.05, 0) is 201 Å². The zero-order chi connectivity index (χ0) is 90.2. The Morgan fingerprint density at radius 1 is 0.0809 bits per heavy atom. The highest BCUT2D eigenvalue weighted by Gasteiger charge is 2.22. The van der Waals surface area contributed by atoms with E-state index in [1.807, 2.05) is 127 Å². The van der Waals surface area contributed by atoms with Gasteiger partial charge in [0, 0.05) is 50.1 Å². The van der Waals surface area contributed by atoms with Gasteiger partial charge < -0.3 is 0 Å². The standard InChI is InChI=1S/C45H29N3.C43H27N3.C39H25N3/c1-4-14-30(15-5-1)34-26-35(33-24-25-41-39-22-11-10-20-37(39)38-21-12-13-23-40(38)42(41)29-33)28-36(27-34)45-47-43(31-16-6-2-7-17-31)46-44(48-45)32-18-8-3-9-19-32;1-2-11-30(12-3-1)41-44-42(31-21-18-29(19-22-31)33-23-20-28-10-4-5-13-32(28)26-33)46-43(45-41)34-24-25-39-37-16-7-6-14-35(37)36-15-8-9-17-38(36)40(39)27-34;1-3-12-26(13-4-1)28-16-11-17-29(24-28)38-40-37(27-14-5-2-6-15-27)41-39(42-38)30-22-23-35-33-20-8-7-18-31(33)32-19-9-10-21-34(32)36(35)25-30/h1-29H;1-27H;1-25H. The summed E-state index contributed by atoms with van der Waals surface area (Å²) < 4.78 is 0. The van der Waals surface area contributed by atoms with Crippen LogP contribution < -0.4 is 0 Å². The molecule has 0 unspecified atom stereocenters. The molecule has 0 aliphatic carbocycles. The number of fused-ring (bicyclic) bond motifs is 19. The van der Waals surface area contributed by atoms with Gasteiger partial charge >= 0.3 is 0 Å². The maximum absolute atomic E-state index is 5.07. The Morgan fingerprint density at radius 2 is 0.257 bits per heavy atom. The highest BCUT2D eigenvalue weighted by Crippen LogP contribution is 2.44. The predicted octanol–water partition coefficient (Wildman–Crippen LogP) is 32.8. The first-order valence-corrected chi connectivity index (χ1v) is 45.9. The predicted molar refractivity (Wildman–Crippen MR) is 565 cm³/mol. The topological polar surface area (TPSA) is 116 Å². The molecule has 0 saturated heterocycles. The maximum atomic E-state index is 5.07. The van der Waals surface area contributed by atoms with Crippen molar-refractivity contribution < 1.29 is 0 Å². The second-order valence-electron chi connectivity index (χ2n) is 34.2. The van der Waals surface area contributed by atoms with Crippen LogP contribution in [0, 0.1) is 0 Å². The van der Waals surface area contributed by atoms with Crippen LogP contribution in [0.15, 0.2) is 491 Å². The summed E-state index contributed by atoms with van der Waals surface area (Å²) in [5, 5.41) is 24.8. The molecule has 9 nitrogen and oxygen atoms in total. The summed E-state index contributed by atoms with van der Waals surface area (Å²) in [6, 6.07) is 172. The van der Waals surface area contributed by atoms with Crippen LogP contribution in [0.3, 0.4) is 0 Å². The number of hydrogen-bond acceptors (Lipinski definition) is 9. The van der Waals surface area contributed by atoms with Crippen LogP contribution in [-0.4, -0.2) is 44.9 Å². The lowest BCUT2D eigenvalue weighted by atomic mass is 9.90. The Hall–Kier alpha value is -18.3. The minimum atomic E-state index is 0.638. The van der Waals surface area contributed by atoms with E-state index in [4.69, 9.17) is 44.9 Å². The molecule has 3 heterocycles. The van der Waals surface area contributed by atoms with Gasteiger partial charge in [0.1, 0.15) is 0 Å². The van der Waals surface area contributed by atoms with Gasteiger partial charge in [0.25, 0.3) is 0 Å². The minimum Gasteiger partial charge on any atom is -0.208 e. The second kappa shape index (κ2) is 35.5. The SMILES string of the molecule is c1ccc(-c2cc(-c3ccc4c5ccccc5c5ccccc5c4c3)cc(-c3nc(-c4ccccc4)nc(-c4ccccc4)n3)c2)cc1.c1ccc(-c2cccc(-c3nc(-c4ccccc4)nc(-c4ccc5c6ccccc6c6ccccc6c5c4)n3)c2)cc1.c1ccc(-c2nc(-c3ccc(-c4ccc5ccccc5c4)cc3)nc(-c3ccc4c5ccccc5c5ccccc5c4c3)n2)cc1. The fraction of sp³-hybridized carbons (Fsp3) is 0. The van der Waals surface area contributed by atoms with Crippen molar-refractivity contribution in [1.82, 2.24) is 44.9 Å². The summed E-state index contributed by atoms with van der Waals surface area (Å²) in [7, 11) is 0. The van der Waals surface area contributed by atoms with Crippen molar-refractivity contribution >= 4 is 108 Å². The van der Waals surface area contributed by atoms with E-state index in [0.717, 1.165) is 89.0 Å². The van der Waals surface area contributed by atoms with Crippen LogP contribution in [0.1, 0.15) is 0 Å². The molecule has 0 bridgehead atoms. The number of aromatic nitrogens is 9. The third kappa shape index (κ3) is 15.8. The molecule has 0 fully saturated rings. The molecule has 0 aliphatic rings. The Labute approximate surface area is 785 Å². The third-order valence-electron chi connectivity index (χ3n) is 25.9. The second-order valence-corrected chi connectivity index (χ2v) is 34.2. The summed E-state index contributed by atoms with van der Waals surface area (Å²) in [6.07, 6.45) is 0. The largest absolute Gasteiger partial charge is 0.208 e. The van der Waals surface area contributed by atoms with Crippen molar-refractivity contribution in [2.75, 3.05) is 0 Å². The van der Waals surface area contributed by atoms with E-state index in [-0.39, 0.29) is 0 Å². The van der Waals surface area contributed by atoms with Gasteiger partial charge in [0.2, 0.25) is 0 Å². The van der Waals surface area contributed by atoms with Gasteiger partial charge in [0.15, 0.2) is 52.4 Å². The first-order chi connectivity index (χ1) is 67.4. The van der Waals surface area contributed by atoms with Crippen LogP contribution in [0.25, 0.3) is 255 Å². The third-order valence-corrected chi connectivity index (χ3v) is 25.9. The molecule has 23 aromatic carbocycles. The van der Waals surface area contributed by atoms with Crippen molar-refractivity contribution in [2.24, 2.45) is 0 Å². The molecule has 26 rings (SSSR count). The van der Waals surface area contributed by atoms with Gasteiger partial charge in [-0.25, -0.2) is 44.9 Å². The summed E-state index contributed by atoms with van der Waals surface area (Å²) in [5.41, 5.74) is 17.7. The van der Waals surface area contributed by atoms with Crippen molar-refractivity contribution in [1.29, 1.82) is 0 Å². The van der Waals surface area contributed by atoms with E-state index >= 15 is 0 Å². The average molecular weight is 1730 g/mol. The molecule has 26 aromatic rings. The number of benzene rings is 23. The summed E-state index contributed by atoms with van der Waals surface area (Å²) >= 11 is 0. The van der Waals surface area contributed by atoms with Crippen molar-refractivity contribution in [2.45, 2.75) is 0 Å². The van der Waals surface area contributed by atoms with Crippen LogP contribution in [0.4, 0.5) is 0 Å². The van der Waals surface area contributed by atoms with E-state index in [0.29, 0.717) is 52.4 Å². The van der Waals surface area contributed by atoms with Gasteiger partial charge in [-0.2, -0.15) is 0 Å². The molecule has 0 saturated carbocycles. The van der Waals surface area contributed by atoms with Gasteiger partial charge in [-0.1, -0.05) is 443 Å². The molecule has 9 heteroatoms. The lowest BCUT2D eigenvalue weighted by Crippen LogP contribution is -2.00. The lowest BCUT2D eigenvalue weighted by molar-refractivity contribution is 1.07. The average Bonchev–Trinajstić information content (AvgIpc) is 0.746. The molecule has 0 atom stereocenters. The van der Waals surface area contributed by atoms with E-state index in [1.165, 1.54) is 113 Å². The Morgan fingerprint density at radius 3 is 0.610 bits per heavy atom. The van der Waals surface area contributed by atoms with Crippen molar-refractivity contribution in [3.05, 3.63) is 491 Å². The van der Waals surface area contributed by atoms with E-state index in [1.54, 1.807) is 0 Å². The lowest BCUT2D eigenvalue weighted by Gasteiger charge is -2.14.